The monoisotopic (exact) mass is 366 g/mol. The molecular weight excluding hydrogens is 340 g/mol. The smallest absolute Gasteiger partial charge is 0.337 e. The fourth-order valence-electron chi connectivity index (χ4n) is 3.48. The van der Waals surface area contributed by atoms with Crippen LogP contribution in [0, 0.1) is 12.8 Å². The molecule has 5 heteroatoms. The van der Waals surface area contributed by atoms with Crippen molar-refractivity contribution in [1.29, 1.82) is 0 Å². The zero-order valence-electron chi connectivity index (χ0n) is 16.0. The molecule has 1 saturated heterocycles. The van der Waals surface area contributed by atoms with Crippen LogP contribution in [0.1, 0.15) is 47.7 Å². The lowest BCUT2D eigenvalue weighted by Gasteiger charge is -2.21. The first-order chi connectivity index (χ1) is 12.8. The number of benzene rings is 2. The molecule has 0 unspecified atom stereocenters. The number of carboxylic acids is 1. The van der Waals surface area contributed by atoms with Crippen LogP contribution < -0.4 is 10.2 Å². The minimum Gasteiger partial charge on any atom is -0.478 e. The first-order valence-corrected chi connectivity index (χ1v) is 9.35. The van der Waals surface area contributed by atoms with Gasteiger partial charge in [-0.2, -0.15) is 0 Å². The van der Waals surface area contributed by atoms with E-state index < -0.39 is 5.97 Å². The average Bonchev–Trinajstić information content (AvgIpc) is 3.12. The van der Waals surface area contributed by atoms with Gasteiger partial charge in [-0.3, -0.25) is 4.79 Å². The number of rotatable bonds is 5. The Hall–Kier alpha value is -2.82. The molecule has 1 heterocycles. The molecule has 1 atom stereocenters. The van der Waals surface area contributed by atoms with Crippen molar-refractivity contribution in [3.8, 4) is 0 Å². The number of aryl methyl sites for hydroxylation is 1. The fourth-order valence-corrected chi connectivity index (χ4v) is 3.48. The van der Waals surface area contributed by atoms with Gasteiger partial charge in [0.2, 0.25) is 5.91 Å². The van der Waals surface area contributed by atoms with E-state index in [2.05, 4.69) is 41.4 Å². The molecule has 0 aromatic heterocycles. The highest BCUT2D eigenvalue weighted by atomic mass is 16.4. The third kappa shape index (κ3) is 4.30. The largest absolute Gasteiger partial charge is 0.478 e. The van der Waals surface area contributed by atoms with Gasteiger partial charge in [-0.25, -0.2) is 4.79 Å². The van der Waals surface area contributed by atoms with E-state index >= 15 is 0 Å². The number of amides is 1. The molecule has 0 spiro atoms. The molecule has 5 nitrogen and oxygen atoms in total. The van der Waals surface area contributed by atoms with E-state index in [1.807, 2.05) is 6.07 Å². The Labute approximate surface area is 160 Å². The quantitative estimate of drug-likeness (QED) is 0.829. The van der Waals surface area contributed by atoms with Crippen LogP contribution in [0.2, 0.25) is 0 Å². The molecule has 2 aromatic carbocycles. The van der Waals surface area contributed by atoms with Crippen molar-refractivity contribution in [3.63, 3.8) is 0 Å². The molecule has 2 aromatic rings. The molecule has 0 aliphatic carbocycles. The molecule has 3 rings (SSSR count). The van der Waals surface area contributed by atoms with Crippen molar-refractivity contribution in [3.05, 3.63) is 59.2 Å². The Morgan fingerprint density at radius 3 is 2.63 bits per heavy atom. The number of nitrogens with zero attached hydrogens (tertiary/aromatic N) is 1. The number of carbonyl (C=O) groups is 2. The average molecular weight is 366 g/mol. The van der Waals surface area contributed by atoms with E-state index in [4.69, 9.17) is 0 Å². The van der Waals surface area contributed by atoms with E-state index in [0.29, 0.717) is 11.6 Å². The summed E-state index contributed by atoms with van der Waals surface area (Å²) in [6, 6.07) is 13.8. The van der Waals surface area contributed by atoms with Crippen LogP contribution in [0.4, 0.5) is 11.4 Å². The zero-order valence-corrected chi connectivity index (χ0v) is 16.0. The second kappa shape index (κ2) is 7.82. The van der Waals surface area contributed by atoms with Gasteiger partial charge in [-0.15, -0.1) is 0 Å². The van der Waals surface area contributed by atoms with Crippen LogP contribution in [0.3, 0.4) is 0 Å². The molecule has 1 amide bonds. The summed E-state index contributed by atoms with van der Waals surface area (Å²) >= 11 is 0. The Balaban J connectivity index is 1.80. The number of hydrogen-bond donors (Lipinski definition) is 2. The first-order valence-electron chi connectivity index (χ1n) is 9.35. The minimum atomic E-state index is -1.04. The van der Waals surface area contributed by atoms with Crippen LogP contribution in [-0.4, -0.2) is 30.1 Å². The van der Waals surface area contributed by atoms with Crippen molar-refractivity contribution in [2.75, 3.05) is 23.3 Å². The Morgan fingerprint density at radius 1 is 1.19 bits per heavy atom. The second-order valence-corrected chi connectivity index (χ2v) is 7.52. The summed E-state index contributed by atoms with van der Waals surface area (Å²) in [5.74, 6) is -0.991. The highest BCUT2D eigenvalue weighted by Crippen LogP contribution is 2.33. The van der Waals surface area contributed by atoms with Gasteiger partial charge in [0.05, 0.1) is 11.3 Å². The predicted octanol–water partition coefficient (Wildman–Crippen LogP) is 4.28. The second-order valence-electron chi connectivity index (χ2n) is 7.52. The number of aromatic carboxylic acids is 1. The Morgan fingerprint density at radius 2 is 1.96 bits per heavy atom. The highest BCUT2D eigenvalue weighted by molar-refractivity contribution is 6.01. The molecule has 1 aliphatic heterocycles. The first kappa shape index (κ1) is 19.0. The summed E-state index contributed by atoms with van der Waals surface area (Å²) in [5.41, 5.74) is 3.94. The predicted molar refractivity (Wildman–Crippen MR) is 108 cm³/mol. The number of carboxylic acid groups (broad SMARTS) is 1. The molecule has 2 N–H and O–H groups in total. The summed E-state index contributed by atoms with van der Waals surface area (Å²) in [7, 11) is 0. The molecule has 142 valence electrons. The van der Waals surface area contributed by atoms with Crippen molar-refractivity contribution in [1.82, 2.24) is 0 Å². The molecule has 1 aliphatic rings. The van der Waals surface area contributed by atoms with Gasteiger partial charge in [-0.1, -0.05) is 43.7 Å². The number of nitrogens with one attached hydrogen (secondary N) is 1. The topological polar surface area (TPSA) is 69.6 Å². The summed E-state index contributed by atoms with van der Waals surface area (Å²) in [4.78, 5) is 25.9. The molecule has 1 fully saturated rings. The van der Waals surface area contributed by atoms with Crippen molar-refractivity contribution in [2.24, 2.45) is 5.92 Å². The number of anilines is 2. The molecule has 0 saturated carbocycles. The molecule has 0 bridgehead atoms. The van der Waals surface area contributed by atoms with Crippen molar-refractivity contribution in [2.45, 2.75) is 33.1 Å². The summed E-state index contributed by atoms with van der Waals surface area (Å²) in [6.45, 7) is 7.40. The SMILES string of the molecule is Cc1cccc([C@H]2CCN(c3ccc(NC(=O)C(C)C)c(C(=O)O)c3)C2)c1. The molecule has 0 radical (unpaired) electrons. The lowest BCUT2D eigenvalue weighted by molar-refractivity contribution is -0.118. The van der Waals surface area contributed by atoms with Gasteiger partial charge in [0.15, 0.2) is 0 Å². The van der Waals surface area contributed by atoms with Crippen LogP contribution in [-0.2, 0) is 4.79 Å². The van der Waals surface area contributed by atoms with E-state index in [1.165, 1.54) is 11.1 Å². The van der Waals surface area contributed by atoms with E-state index in [0.717, 1.165) is 25.2 Å². The van der Waals surface area contributed by atoms with Gasteiger partial charge >= 0.3 is 5.97 Å². The Bertz CT molecular complexity index is 860. The van der Waals surface area contributed by atoms with Gasteiger partial charge in [-0.05, 0) is 37.1 Å². The maximum Gasteiger partial charge on any atom is 0.337 e. The summed E-state index contributed by atoms with van der Waals surface area (Å²) in [5, 5.41) is 12.3. The van der Waals surface area contributed by atoms with Crippen LogP contribution in [0.25, 0.3) is 0 Å². The Kier molecular flexibility index (Phi) is 5.49. The molecule has 27 heavy (non-hydrogen) atoms. The van der Waals surface area contributed by atoms with E-state index in [-0.39, 0.29) is 17.4 Å². The van der Waals surface area contributed by atoms with Crippen LogP contribution >= 0.6 is 0 Å². The summed E-state index contributed by atoms with van der Waals surface area (Å²) < 4.78 is 0. The third-order valence-electron chi connectivity index (χ3n) is 5.08. The van der Waals surface area contributed by atoms with Crippen molar-refractivity contribution < 1.29 is 14.7 Å². The number of hydrogen-bond acceptors (Lipinski definition) is 3. The normalized spacial score (nSPS) is 16.6. The van der Waals surface area contributed by atoms with Gasteiger partial charge in [0.25, 0.3) is 0 Å². The van der Waals surface area contributed by atoms with E-state index in [1.54, 1.807) is 26.0 Å². The maximum absolute atomic E-state index is 11.9. The van der Waals surface area contributed by atoms with Gasteiger partial charge < -0.3 is 15.3 Å². The highest BCUT2D eigenvalue weighted by Gasteiger charge is 2.25. The zero-order chi connectivity index (χ0) is 19.6. The minimum absolute atomic E-state index is 0.125. The van der Waals surface area contributed by atoms with Crippen LogP contribution in [0.5, 0.6) is 0 Å². The van der Waals surface area contributed by atoms with Gasteiger partial charge in [0, 0.05) is 30.6 Å². The lowest BCUT2D eigenvalue weighted by Crippen LogP contribution is -2.22. The summed E-state index contributed by atoms with van der Waals surface area (Å²) in [6.07, 6.45) is 1.04. The molecular formula is C22H26N2O3. The lowest BCUT2D eigenvalue weighted by atomic mass is 9.97. The van der Waals surface area contributed by atoms with E-state index in [9.17, 15) is 14.7 Å². The third-order valence-corrected chi connectivity index (χ3v) is 5.08. The maximum atomic E-state index is 11.9. The fraction of sp³-hybridized carbons (Fsp3) is 0.364. The van der Waals surface area contributed by atoms with Crippen molar-refractivity contribution >= 4 is 23.3 Å². The van der Waals surface area contributed by atoms with Crippen LogP contribution in [0.15, 0.2) is 42.5 Å². The standard InChI is InChI=1S/C22H26N2O3/c1-14(2)21(25)23-20-8-7-18(12-19(20)22(26)27)24-10-9-17(13-24)16-6-4-5-15(3)11-16/h4-8,11-12,14,17H,9-10,13H2,1-3H3,(H,23,25)(H,26,27)/t17-/m0/s1. The van der Waals surface area contributed by atoms with Gasteiger partial charge in [0.1, 0.15) is 0 Å². The number of carbonyl (C=O) groups excluding carboxylic acids is 1.